The number of carbonyl (C=O) groups is 1. The molecule has 0 unspecified atom stereocenters. The number of nitrogens with one attached hydrogen (secondary N) is 2. The second-order valence-electron chi connectivity index (χ2n) is 6.81. The van der Waals surface area contributed by atoms with Gasteiger partial charge >= 0.3 is 0 Å². The Morgan fingerprint density at radius 3 is 2.21 bits per heavy atom. The number of nitrogens with zero attached hydrogens (tertiary/aromatic N) is 1. The monoisotopic (exact) mass is 357 g/mol. The Morgan fingerprint density at radius 1 is 1.21 bits per heavy atom. The van der Waals surface area contributed by atoms with Crippen LogP contribution in [-0.4, -0.2) is 30.8 Å². The topological polar surface area (TPSA) is 118 Å². The first-order valence-corrected chi connectivity index (χ1v) is 8.91. The maximum atomic E-state index is 12.5. The molecule has 0 aliphatic heterocycles. The minimum absolute atomic E-state index is 0.343. The van der Waals surface area contributed by atoms with Gasteiger partial charge in [-0.05, 0) is 32.8 Å². The molecule has 0 bridgehead atoms. The van der Waals surface area contributed by atoms with Gasteiger partial charge in [0.05, 0.1) is 4.92 Å². The number of nitro groups is 1. The highest BCUT2D eigenvalue weighted by molar-refractivity contribution is 7.89. The summed E-state index contributed by atoms with van der Waals surface area (Å²) in [5.74, 6) is -0.829. The highest BCUT2D eigenvalue weighted by atomic mass is 32.2. The summed E-state index contributed by atoms with van der Waals surface area (Å²) in [6.45, 7) is 8.71. The van der Waals surface area contributed by atoms with E-state index in [1.807, 2.05) is 0 Å². The van der Waals surface area contributed by atoms with Gasteiger partial charge in [-0.3, -0.25) is 14.9 Å². The van der Waals surface area contributed by atoms with Gasteiger partial charge in [-0.15, -0.1) is 0 Å². The molecule has 0 fully saturated rings. The molecule has 1 aromatic carbocycles. The molecule has 0 aromatic heterocycles. The smallest absolute Gasteiger partial charge is 0.289 e. The maximum absolute atomic E-state index is 12.5. The first kappa shape index (κ1) is 20.0. The second kappa shape index (κ2) is 7.27. The van der Waals surface area contributed by atoms with Gasteiger partial charge in [0.15, 0.2) is 4.90 Å². The molecule has 0 heterocycles. The lowest BCUT2D eigenvalue weighted by atomic mass is 10.0. The predicted molar refractivity (Wildman–Crippen MR) is 89.9 cm³/mol. The Morgan fingerprint density at radius 2 is 1.75 bits per heavy atom. The van der Waals surface area contributed by atoms with E-state index < -0.39 is 43.0 Å². The minimum Gasteiger partial charge on any atom is -0.350 e. The summed E-state index contributed by atoms with van der Waals surface area (Å²) in [6, 6.07) is 3.96. The highest BCUT2D eigenvalue weighted by Crippen LogP contribution is 2.23. The highest BCUT2D eigenvalue weighted by Gasteiger charge is 2.33. The minimum atomic E-state index is -4.23. The molecule has 24 heavy (non-hydrogen) atoms. The van der Waals surface area contributed by atoms with Gasteiger partial charge in [-0.1, -0.05) is 26.0 Å². The maximum Gasteiger partial charge on any atom is 0.289 e. The Balaban J connectivity index is 3.19. The van der Waals surface area contributed by atoms with Gasteiger partial charge in [0, 0.05) is 11.6 Å². The quantitative estimate of drug-likeness (QED) is 0.594. The number of hydrogen-bond donors (Lipinski definition) is 2. The standard InChI is InChI=1S/C15H23N3O5S/c1-10(2)13(14(19)16-15(3,4)5)17-24(22,23)12-9-7-6-8-11(12)18(20)21/h6-10,13,17H,1-5H3,(H,16,19)/t13-/m1/s1. The fourth-order valence-electron chi connectivity index (χ4n) is 2.01. The number of para-hydroxylation sites is 1. The number of amides is 1. The van der Waals surface area contributed by atoms with Crippen molar-refractivity contribution < 1.29 is 18.1 Å². The lowest BCUT2D eigenvalue weighted by Gasteiger charge is -2.27. The Hall–Kier alpha value is -2.00. The van der Waals surface area contributed by atoms with E-state index in [0.717, 1.165) is 12.1 Å². The first-order valence-electron chi connectivity index (χ1n) is 7.43. The summed E-state index contributed by atoms with van der Waals surface area (Å²) in [5.41, 5.74) is -1.07. The van der Waals surface area contributed by atoms with E-state index in [2.05, 4.69) is 10.0 Å². The van der Waals surface area contributed by atoms with Crippen LogP contribution >= 0.6 is 0 Å². The van der Waals surface area contributed by atoms with Gasteiger partial charge in [-0.25, -0.2) is 8.42 Å². The number of sulfonamides is 1. The van der Waals surface area contributed by atoms with E-state index in [9.17, 15) is 23.3 Å². The van der Waals surface area contributed by atoms with Crippen LogP contribution in [0.5, 0.6) is 0 Å². The number of nitro benzene ring substituents is 1. The average Bonchev–Trinajstić information content (AvgIpc) is 2.42. The van der Waals surface area contributed by atoms with Gasteiger partial charge < -0.3 is 5.32 Å². The van der Waals surface area contributed by atoms with Crippen molar-refractivity contribution in [1.82, 2.24) is 10.0 Å². The summed E-state index contributed by atoms with van der Waals surface area (Å²) in [5, 5.41) is 13.8. The molecular weight excluding hydrogens is 334 g/mol. The largest absolute Gasteiger partial charge is 0.350 e. The average molecular weight is 357 g/mol. The molecule has 0 spiro atoms. The van der Waals surface area contributed by atoms with Crippen molar-refractivity contribution in [3.63, 3.8) is 0 Å². The van der Waals surface area contributed by atoms with Crippen molar-refractivity contribution in [2.75, 3.05) is 0 Å². The van der Waals surface area contributed by atoms with E-state index in [0.29, 0.717) is 0 Å². The number of hydrogen-bond acceptors (Lipinski definition) is 5. The summed E-state index contributed by atoms with van der Waals surface area (Å²) in [4.78, 5) is 22.2. The molecule has 0 saturated heterocycles. The molecule has 0 aliphatic rings. The van der Waals surface area contributed by atoms with Gasteiger partial charge in [0.2, 0.25) is 15.9 Å². The fraction of sp³-hybridized carbons (Fsp3) is 0.533. The van der Waals surface area contributed by atoms with E-state index in [1.54, 1.807) is 34.6 Å². The molecule has 9 heteroatoms. The third-order valence-corrected chi connectivity index (χ3v) is 4.57. The number of benzene rings is 1. The van der Waals surface area contributed by atoms with Crippen LogP contribution in [0, 0.1) is 16.0 Å². The zero-order valence-electron chi connectivity index (χ0n) is 14.4. The molecule has 134 valence electrons. The van der Waals surface area contributed by atoms with Crippen LogP contribution in [0.4, 0.5) is 5.69 Å². The van der Waals surface area contributed by atoms with Crippen molar-refractivity contribution >= 4 is 21.6 Å². The molecule has 0 radical (unpaired) electrons. The van der Waals surface area contributed by atoms with Crippen LogP contribution in [-0.2, 0) is 14.8 Å². The summed E-state index contributed by atoms with van der Waals surface area (Å²) >= 11 is 0. The van der Waals surface area contributed by atoms with Crippen molar-refractivity contribution in [2.45, 2.75) is 51.1 Å². The Bertz CT molecular complexity index is 723. The van der Waals surface area contributed by atoms with Gasteiger partial charge in [0.1, 0.15) is 6.04 Å². The first-order chi connectivity index (χ1) is 10.8. The zero-order chi connectivity index (χ0) is 18.7. The summed E-state index contributed by atoms with van der Waals surface area (Å²) < 4.78 is 27.4. The lowest BCUT2D eigenvalue weighted by Crippen LogP contribution is -2.54. The van der Waals surface area contributed by atoms with E-state index in [1.165, 1.54) is 12.1 Å². The third kappa shape index (κ3) is 5.27. The van der Waals surface area contributed by atoms with Crippen LogP contribution in [0.3, 0.4) is 0 Å². The van der Waals surface area contributed by atoms with Crippen LogP contribution < -0.4 is 10.0 Å². The van der Waals surface area contributed by atoms with Crippen LogP contribution in [0.15, 0.2) is 29.2 Å². The van der Waals surface area contributed by atoms with E-state index in [4.69, 9.17) is 0 Å². The molecule has 1 atom stereocenters. The zero-order valence-corrected chi connectivity index (χ0v) is 15.2. The fourth-order valence-corrected chi connectivity index (χ4v) is 3.52. The van der Waals surface area contributed by atoms with Gasteiger partial charge in [0.25, 0.3) is 5.69 Å². The summed E-state index contributed by atoms with van der Waals surface area (Å²) in [7, 11) is -4.23. The molecular formula is C15H23N3O5S. The molecule has 2 N–H and O–H groups in total. The molecule has 1 aromatic rings. The third-order valence-electron chi connectivity index (χ3n) is 3.08. The van der Waals surface area contributed by atoms with Crippen molar-refractivity contribution in [3.8, 4) is 0 Å². The molecule has 0 aliphatic carbocycles. The molecule has 1 amide bonds. The van der Waals surface area contributed by atoms with Crippen molar-refractivity contribution in [3.05, 3.63) is 34.4 Å². The Labute approximate surface area is 141 Å². The molecule has 1 rings (SSSR count). The Kier molecular flexibility index (Phi) is 6.07. The molecule has 8 nitrogen and oxygen atoms in total. The van der Waals surface area contributed by atoms with E-state index >= 15 is 0 Å². The SMILES string of the molecule is CC(C)[C@@H](NS(=O)(=O)c1ccccc1[N+](=O)[O-])C(=O)NC(C)(C)C. The number of carbonyl (C=O) groups excluding carboxylic acids is 1. The van der Waals surface area contributed by atoms with Crippen molar-refractivity contribution in [2.24, 2.45) is 5.92 Å². The lowest BCUT2D eigenvalue weighted by molar-refractivity contribution is -0.387. The normalized spacial score (nSPS) is 13.6. The molecule has 0 saturated carbocycles. The van der Waals surface area contributed by atoms with Crippen LogP contribution in [0.2, 0.25) is 0 Å². The van der Waals surface area contributed by atoms with Crippen LogP contribution in [0.25, 0.3) is 0 Å². The van der Waals surface area contributed by atoms with Gasteiger partial charge in [-0.2, -0.15) is 4.72 Å². The van der Waals surface area contributed by atoms with Crippen LogP contribution in [0.1, 0.15) is 34.6 Å². The van der Waals surface area contributed by atoms with E-state index in [-0.39, 0.29) is 5.92 Å². The second-order valence-corrected chi connectivity index (χ2v) is 8.49. The van der Waals surface area contributed by atoms with Crippen molar-refractivity contribution in [1.29, 1.82) is 0 Å². The number of rotatable bonds is 6. The summed E-state index contributed by atoms with van der Waals surface area (Å²) in [6.07, 6.45) is 0. The predicted octanol–water partition coefficient (Wildman–Crippen LogP) is 1.81.